The molecule has 0 atom stereocenters. The maximum absolute atomic E-state index is 9.56. The first-order valence-electron chi connectivity index (χ1n) is 10.9. The Morgan fingerprint density at radius 2 is 2.09 bits per heavy atom. The molecule has 9 heteroatoms. The third-order valence-electron chi connectivity index (χ3n) is 5.45. The molecule has 1 aromatic carbocycles. The molecule has 0 aliphatic heterocycles. The monoisotopic (exact) mass is 551 g/mol. The Hall–Kier alpha value is -2.32. The highest BCUT2D eigenvalue weighted by Gasteiger charge is 2.21. The van der Waals surface area contributed by atoms with Gasteiger partial charge in [0.2, 0.25) is 0 Å². The van der Waals surface area contributed by atoms with Crippen LogP contribution in [-0.4, -0.2) is 61.0 Å². The highest BCUT2D eigenvalue weighted by atomic mass is 127. The molecule has 2 aromatic rings. The van der Waals surface area contributed by atoms with Gasteiger partial charge in [-0.25, -0.2) is 4.68 Å². The zero-order chi connectivity index (χ0) is 22.2. The van der Waals surface area contributed by atoms with Gasteiger partial charge in [-0.3, -0.25) is 4.99 Å². The molecule has 0 spiro atoms. The van der Waals surface area contributed by atoms with E-state index in [-0.39, 0.29) is 24.0 Å². The summed E-state index contributed by atoms with van der Waals surface area (Å²) < 4.78 is 7.36. The van der Waals surface area contributed by atoms with Crippen molar-refractivity contribution in [1.29, 1.82) is 5.26 Å². The molecule has 3 N–H and O–H groups in total. The average Bonchev–Trinajstić information content (AvgIpc) is 3.54. The van der Waals surface area contributed by atoms with E-state index in [9.17, 15) is 5.26 Å². The molecule has 1 aliphatic carbocycles. The van der Waals surface area contributed by atoms with Gasteiger partial charge in [0.25, 0.3) is 0 Å². The van der Waals surface area contributed by atoms with Crippen molar-refractivity contribution in [2.75, 3.05) is 46.1 Å². The van der Waals surface area contributed by atoms with Crippen molar-refractivity contribution in [2.24, 2.45) is 10.9 Å². The van der Waals surface area contributed by atoms with Crippen LogP contribution in [0.15, 0.2) is 29.3 Å². The van der Waals surface area contributed by atoms with Gasteiger partial charge in [-0.1, -0.05) is 17.7 Å². The largest absolute Gasteiger partial charge is 0.382 e. The molecule has 3 rings (SSSR count). The number of aryl methyl sites for hydroxylation is 2. The lowest BCUT2D eigenvalue weighted by Gasteiger charge is -2.22. The Bertz CT molecular complexity index is 929. The molecule has 1 saturated carbocycles. The van der Waals surface area contributed by atoms with Gasteiger partial charge in [0.15, 0.2) is 5.96 Å². The Balaban J connectivity index is 0.00000363. The molecule has 1 aliphatic rings. The van der Waals surface area contributed by atoms with Crippen LogP contribution in [0.25, 0.3) is 5.69 Å². The summed E-state index contributed by atoms with van der Waals surface area (Å²) in [6.45, 7) is 5.13. The van der Waals surface area contributed by atoms with Gasteiger partial charge in [0.1, 0.15) is 17.5 Å². The predicted molar refractivity (Wildman–Crippen MR) is 139 cm³/mol. The van der Waals surface area contributed by atoms with E-state index in [4.69, 9.17) is 10.5 Å². The zero-order valence-corrected chi connectivity index (χ0v) is 21.5. The number of ether oxygens (including phenoxy) is 1. The highest BCUT2D eigenvalue weighted by molar-refractivity contribution is 14.0. The molecule has 1 heterocycles. The minimum atomic E-state index is 0. The zero-order valence-electron chi connectivity index (χ0n) is 19.2. The van der Waals surface area contributed by atoms with Crippen LogP contribution < -0.4 is 11.1 Å². The summed E-state index contributed by atoms with van der Waals surface area (Å²) in [5, 5.41) is 17.5. The second-order valence-electron chi connectivity index (χ2n) is 8.08. The van der Waals surface area contributed by atoms with Crippen molar-refractivity contribution in [3.8, 4) is 11.8 Å². The fourth-order valence-electron chi connectivity index (χ4n) is 3.34. The molecule has 8 nitrogen and oxygen atoms in total. The van der Waals surface area contributed by atoms with Crippen LogP contribution in [0, 0.1) is 24.2 Å². The van der Waals surface area contributed by atoms with Crippen LogP contribution in [0.4, 0.5) is 5.82 Å². The molecule has 0 bridgehead atoms. The number of anilines is 1. The van der Waals surface area contributed by atoms with Crippen LogP contribution in [0.3, 0.4) is 0 Å². The molecule has 32 heavy (non-hydrogen) atoms. The smallest absolute Gasteiger partial charge is 0.193 e. The van der Waals surface area contributed by atoms with Crippen LogP contribution >= 0.6 is 24.0 Å². The summed E-state index contributed by atoms with van der Waals surface area (Å²) in [4.78, 5) is 6.41. The Labute approximate surface area is 207 Å². The summed E-state index contributed by atoms with van der Waals surface area (Å²) in [6, 6.07) is 10.1. The van der Waals surface area contributed by atoms with Gasteiger partial charge in [-0.05, 0) is 50.7 Å². The lowest BCUT2D eigenvalue weighted by molar-refractivity contribution is 0.115. The van der Waals surface area contributed by atoms with Crippen molar-refractivity contribution in [2.45, 2.75) is 32.6 Å². The number of hydrogen-bond donors (Lipinski definition) is 2. The van der Waals surface area contributed by atoms with E-state index in [0.717, 1.165) is 54.9 Å². The normalized spacial score (nSPS) is 13.4. The Kier molecular flexibility index (Phi) is 10.3. The first kappa shape index (κ1) is 25.9. The van der Waals surface area contributed by atoms with E-state index in [2.05, 4.69) is 26.4 Å². The van der Waals surface area contributed by atoms with Crippen LogP contribution in [-0.2, 0) is 11.2 Å². The lowest BCUT2D eigenvalue weighted by atomic mass is 10.1. The van der Waals surface area contributed by atoms with Crippen molar-refractivity contribution in [3.63, 3.8) is 0 Å². The van der Waals surface area contributed by atoms with E-state index in [0.29, 0.717) is 24.4 Å². The molecule has 174 valence electrons. The second-order valence-corrected chi connectivity index (χ2v) is 8.08. The second kappa shape index (κ2) is 12.6. The number of nitrogen functional groups attached to an aromatic ring is 1. The molecule has 0 radical (unpaired) electrons. The first-order chi connectivity index (χ1) is 15.0. The molecule has 1 fully saturated rings. The summed E-state index contributed by atoms with van der Waals surface area (Å²) in [7, 11) is 3.79. The van der Waals surface area contributed by atoms with Crippen molar-refractivity contribution < 1.29 is 4.74 Å². The summed E-state index contributed by atoms with van der Waals surface area (Å²) in [5.41, 5.74) is 9.40. The third kappa shape index (κ3) is 7.10. The number of likely N-dealkylation sites (N-methyl/N-ethyl adjacent to an activating group) is 1. The standard InChI is InChI=1S/C23H33N7O.HI/c1-17-6-10-19(11-7-17)30-22(25)20(15-24)21(28-30)5-4-12-27-23(26-2)29(3)13-14-31-16-18-8-9-18;/h6-7,10-11,18H,4-5,8-9,12-14,16,25H2,1-3H3,(H,26,27);1H. The van der Waals surface area contributed by atoms with Crippen LogP contribution in [0.1, 0.15) is 36.1 Å². The molecule has 0 saturated heterocycles. The number of nitrogens with zero attached hydrogens (tertiary/aromatic N) is 5. The molecule has 1 aromatic heterocycles. The van der Waals surface area contributed by atoms with E-state index in [1.165, 1.54) is 12.8 Å². The van der Waals surface area contributed by atoms with E-state index in [1.807, 2.05) is 38.2 Å². The lowest BCUT2D eigenvalue weighted by Crippen LogP contribution is -2.41. The molecule has 0 unspecified atom stereocenters. The number of nitriles is 1. The van der Waals surface area contributed by atoms with Crippen molar-refractivity contribution in [3.05, 3.63) is 41.1 Å². The minimum Gasteiger partial charge on any atom is -0.382 e. The van der Waals surface area contributed by atoms with Gasteiger partial charge in [0.05, 0.1) is 18.0 Å². The fraction of sp³-hybridized carbons (Fsp3) is 0.522. The van der Waals surface area contributed by atoms with E-state index >= 15 is 0 Å². The van der Waals surface area contributed by atoms with Gasteiger partial charge < -0.3 is 20.7 Å². The quantitative estimate of drug-likeness (QED) is 0.204. The topological polar surface area (TPSA) is 104 Å². The minimum absolute atomic E-state index is 0. The molecular weight excluding hydrogens is 517 g/mol. The number of guanidine groups is 1. The van der Waals surface area contributed by atoms with Crippen LogP contribution in [0.2, 0.25) is 0 Å². The van der Waals surface area contributed by atoms with Crippen LogP contribution in [0.5, 0.6) is 0 Å². The van der Waals surface area contributed by atoms with Crippen molar-refractivity contribution in [1.82, 2.24) is 20.0 Å². The Morgan fingerprint density at radius 3 is 2.72 bits per heavy atom. The predicted octanol–water partition coefficient (Wildman–Crippen LogP) is 3.12. The Morgan fingerprint density at radius 1 is 1.38 bits per heavy atom. The van der Waals surface area contributed by atoms with Crippen molar-refractivity contribution >= 4 is 35.8 Å². The third-order valence-corrected chi connectivity index (χ3v) is 5.45. The number of nitrogens with one attached hydrogen (secondary N) is 1. The van der Waals surface area contributed by atoms with Gasteiger partial charge in [-0.15, -0.1) is 24.0 Å². The number of benzene rings is 1. The van der Waals surface area contributed by atoms with Gasteiger partial charge in [-0.2, -0.15) is 10.4 Å². The number of hydrogen-bond acceptors (Lipinski definition) is 5. The van der Waals surface area contributed by atoms with E-state index in [1.54, 1.807) is 11.7 Å². The van der Waals surface area contributed by atoms with Gasteiger partial charge in [0, 0.05) is 33.8 Å². The van der Waals surface area contributed by atoms with Gasteiger partial charge >= 0.3 is 0 Å². The number of aromatic nitrogens is 2. The maximum atomic E-state index is 9.56. The number of nitrogens with two attached hydrogens (primary N) is 1. The average molecular weight is 551 g/mol. The highest BCUT2D eigenvalue weighted by Crippen LogP contribution is 2.28. The molecule has 0 amide bonds. The van der Waals surface area contributed by atoms with E-state index < -0.39 is 0 Å². The summed E-state index contributed by atoms with van der Waals surface area (Å²) >= 11 is 0. The SMILES string of the molecule is CN=C(NCCCc1nn(-c2ccc(C)cc2)c(N)c1C#N)N(C)CCOCC1CC1.I. The first-order valence-corrected chi connectivity index (χ1v) is 10.9. The molecular formula is C23H34IN7O. The summed E-state index contributed by atoms with van der Waals surface area (Å²) in [6.07, 6.45) is 4.08. The fourth-order valence-corrected chi connectivity index (χ4v) is 3.34. The number of halogens is 1. The number of rotatable bonds is 10. The number of aliphatic imine (C=N–C) groups is 1. The maximum Gasteiger partial charge on any atom is 0.193 e. The summed E-state index contributed by atoms with van der Waals surface area (Å²) in [5.74, 6) is 2.00.